The van der Waals surface area contributed by atoms with E-state index in [0.717, 1.165) is 0 Å². The maximum Gasteiger partial charge on any atom is 0.358 e. The number of hydrogen-bond acceptors (Lipinski definition) is 5. The van der Waals surface area contributed by atoms with E-state index in [1.165, 1.54) is 18.0 Å². The van der Waals surface area contributed by atoms with Crippen LogP contribution in [0, 0.1) is 0 Å². The molecular weight excluding hydrogens is 196 g/mol. The average Bonchev–Trinajstić information content (AvgIpc) is 2.30. The van der Waals surface area contributed by atoms with Gasteiger partial charge in [0.1, 0.15) is 6.33 Å². The number of rotatable bonds is 2. The quantitative estimate of drug-likeness (QED) is 0.690. The lowest BCUT2D eigenvalue weighted by Crippen LogP contribution is -2.22. The van der Waals surface area contributed by atoms with Crippen molar-refractivity contribution in [1.82, 2.24) is 19.5 Å². The first-order valence-electron chi connectivity index (χ1n) is 4.21. The summed E-state index contributed by atoms with van der Waals surface area (Å²) in [5.41, 5.74) is 0.167. The molecule has 0 saturated carbocycles. The summed E-state index contributed by atoms with van der Waals surface area (Å²) in [6.45, 7) is 0. The Balaban J connectivity index is 2.51. The molecule has 6 heteroatoms. The topological polar surface area (TPSA) is 69.9 Å². The number of nitrogens with zero attached hydrogens (tertiary/aromatic N) is 4. The van der Waals surface area contributed by atoms with Crippen LogP contribution in [0.1, 0.15) is 0 Å². The molecule has 0 saturated heterocycles. The van der Waals surface area contributed by atoms with Crippen molar-refractivity contribution in [1.29, 1.82) is 0 Å². The molecule has 2 heterocycles. The average molecular weight is 204 g/mol. The standard InChI is InChI=1S/C9H8N4O2/c1-15-8-11-6-13(9(14)12-8)7-3-2-4-10-5-7/h2-6H,1H3. The molecule has 0 radical (unpaired) electrons. The largest absolute Gasteiger partial charge is 0.467 e. The van der Waals surface area contributed by atoms with Crippen LogP contribution in [0.5, 0.6) is 6.01 Å². The second-order valence-corrected chi connectivity index (χ2v) is 2.71. The van der Waals surface area contributed by atoms with Gasteiger partial charge in [-0.15, -0.1) is 4.98 Å². The first kappa shape index (κ1) is 9.32. The summed E-state index contributed by atoms with van der Waals surface area (Å²) in [6.07, 6.45) is 4.53. The van der Waals surface area contributed by atoms with E-state index in [4.69, 9.17) is 4.74 Å². The predicted octanol–water partition coefficient (Wildman–Crippen LogP) is 0.0311. The molecule has 0 aliphatic heterocycles. The van der Waals surface area contributed by atoms with E-state index in [9.17, 15) is 4.79 Å². The minimum atomic E-state index is -0.449. The van der Waals surface area contributed by atoms with E-state index < -0.39 is 5.69 Å². The van der Waals surface area contributed by atoms with Gasteiger partial charge in [-0.25, -0.2) is 9.36 Å². The molecule has 2 aromatic heterocycles. The highest BCUT2D eigenvalue weighted by atomic mass is 16.5. The van der Waals surface area contributed by atoms with E-state index in [1.807, 2.05) is 0 Å². The number of aromatic nitrogens is 4. The van der Waals surface area contributed by atoms with Crippen molar-refractivity contribution in [3.8, 4) is 11.7 Å². The first-order valence-corrected chi connectivity index (χ1v) is 4.21. The van der Waals surface area contributed by atoms with Gasteiger partial charge >= 0.3 is 11.7 Å². The summed E-state index contributed by atoms with van der Waals surface area (Å²) in [7, 11) is 1.41. The molecule has 0 aliphatic carbocycles. The molecule has 0 spiro atoms. The lowest BCUT2D eigenvalue weighted by Gasteiger charge is -2.03. The van der Waals surface area contributed by atoms with Crippen LogP contribution in [0.2, 0.25) is 0 Å². The number of ether oxygens (including phenoxy) is 1. The van der Waals surface area contributed by atoms with Crippen LogP contribution in [-0.4, -0.2) is 26.6 Å². The van der Waals surface area contributed by atoms with Crippen LogP contribution < -0.4 is 10.4 Å². The van der Waals surface area contributed by atoms with Gasteiger partial charge in [-0.1, -0.05) is 0 Å². The van der Waals surface area contributed by atoms with E-state index in [1.54, 1.807) is 24.5 Å². The lowest BCUT2D eigenvalue weighted by molar-refractivity contribution is 0.374. The fraction of sp³-hybridized carbons (Fsp3) is 0.111. The Morgan fingerprint density at radius 2 is 2.33 bits per heavy atom. The number of methoxy groups -OCH3 is 1. The van der Waals surface area contributed by atoms with Gasteiger partial charge in [0.15, 0.2) is 0 Å². The monoisotopic (exact) mass is 204 g/mol. The normalized spacial score (nSPS) is 9.93. The summed E-state index contributed by atoms with van der Waals surface area (Å²) >= 11 is 0. The third-order valence-electron chi connectivity index (χ3n) is 1.79. The highest BCUT2D eigenvalue weighted by molar-refractivity contribution is 5.26. The van der Waals surface area contributed by atoms with Crippen LogP contribution >= 0.6 is 0 Å². The number of pyridine rings is 1. The van der Waals surface area contributed by atoms with E-state index in [0.29, 0.717) is 5.69 Å². The van der Waals surface area contributed by atoms with Gasteiger partial charge in [-0.3, -0.25) is 4.98 Å². The maximum absolute atomic E-state index is 11.5. The summed E-state index contributed by atoms with van der Waals surface area (Å²) in [5.74, 6) is 0. The van der Waals surface area contributed by atoms with Crippen molar-refractivity contribution in [2.75, 3.05) is 7.11 Å². The Bertz CT molecular complexity index is 509. The minimum Gasteiger partial charge on any atom is -0.467 e. The van der Waals surface area contributed by atoms with Gasteiger partial charge in [-0.2, -0.15) is 4.98 Å². The van der Waals surface area contributed by atoms with E-state index in [2.05, 4.69) is 15.0 Å². The molecule has 0 fully saturated rings. The van der Waals surface area contributed by atoms with Gasteiger partial charge in [0.2, 0.25) is 0 Å². The van der Waals surface area contributed by atoms with Gasteiger partial charge in [0.25, 0.3) is 0 Å². The minimum absolute atomic E-state index is 0.0557. The zero-order valence-electron chi connectivity index (χ0n) is 7.99. The third-order valence-corrected chi connectivity index (χ3v) is 1.79. The lowest BCUT2D eigenvalue weighted by atomic mass is 10.4. The zero-order chi connectivity index (χ0) is 10.7. The highest BCUT2D eigenvalue weighted by Gasteiger charge is 2.02. The fourth-order valence-corrected chi connectivity index (χ4v) is 1.09. The number of hydrogen-bond donors (Lipinski definition) is 0. The molecule has 6 nitrogen and oxygen atoms in total. The maximum atomic E-state index is 11.5. The third kappa shape index (κ3) is 1.83. The van der Waals surface area contributed by atoms with E-state index in [-0.39, 0.29) is 6.01 Å². The molecule has 76 valence electrons. The Kier molecular flexibility index (Phi) is 2.40. The Morgan fingerprint density at radius 3 is 2.93 bits per heavy atom. The van der Waals surface area contributed by atoms with Gasteiger partial charge < -0.3 is 4.74 Å². The molecule has 2 aromatic rings. The summed E-state index contributed by atoms with van der Waals surface area (Å²) in [6, 6.07) is 3.52. The molecule has 0 N–H and O–H groups in total. The van der Waals surface area contributed by atoms with Gasteiger partial charge in [-0.05, 0) is 12.1 Å². The molecule has 2 rings (SSSR count). The van der Waals surface area contributed by atoms with Crippen LogP contribution in [0.4, 0.5) is 0 Å². The fourth-order valence-electron chi connectivity index (χ4n) is 1.09. The van der Waals surface area contributed by atoms with Crippen molar-refractivity contribution in [2.45, 2.75) is 0 Å². The molecule has 0 bridgehead atoms. The smallest absolute Gasteiger partial charge is 0.358 e. The van der Waals surface area contributed by atoms with Crippen LogP contribution in [0.15, 0.2) is 35.6 Å². The first-order chi connectivity index (χ1) is 7.31. The van der Waals surface area contributed by atoms with Crippen LogP contribution in [0.25, 0.3) is 5.69 Å². The Labute approximate surface area is 85.2 Å². The SMILES string of the molecule is COc1ncn(-c2cccnc2)c(=O)n1. The van der Waals surface area contributed by atoms with Crippen LogP contribution in [0.3, 0.4) is 0 Å². The summed E-state index contributed by atoms with van der Waals surface area (Å²) < 4.78 is 6.02. The van der Waals surface area contributed by atoms with Gasteiger partial charge in [0, 0.05) is 6.20 Å². The van der Waals surface area contributed by atoms with Crippen molar-refractivity contribution < 1.29 is 4.74 Å². The second kappa shape index (κ2) is 3.87. The molecule has 0 unspecified atom stereocenters. The zero-order valence-corrected chi connectivity index (χ0v) is 7.99. The summed E-state index contributed by atoms with van der Waals surface area (Å²) in [5, 5.41) is 0. The second-order valence-electron chi connectivity index (χ2n) is 2.71. The van der Waals surface area contributed by atoms with Gasteiger partial charge in [0.05, 0.1) is 19.0 Å². The molecule has 0 atom stereocenters. The molecule has 0 aromatic carbocycles. The predicted molar refractivity (Wildman–Crippen MR) is 52.0 cm³/mol. The molecular formula is C9H8N4O2. The van der Waals surface area contributed by atoms with Crippen molar-refractivity contribution >= 4 is 0 Å². The Morgan fingerprint density at radius 1 is 1.47 bits per heavy atom. The van der Waals surface area contributed by atoms with Crippen molar-refractivity contribution in [3.63, 3.8) is 0 Å². The van der Waals surface area contributed by atoms with Crippen molar-refractivity contribution in [3.05, 3.63) is 41.3 Å². The van der Waals surface area contributed by atoms with E-state index >= 15 is 0 Å². The summed E-state index contributed by atoms with van der Waals surface area (Å²) in [4.78, 5) is 22.9. The van der Waals surface area contributed by atoms with Crippen molar-refractivity contribution in [2.24, 2.45) is 0 Å². The molecule has 0 amide bonds. The molecule has 15 heavy (non-hydrogen) atoms. The Hall–Kier alpha value is -2.24. The van der Waals surface area contributed by atoms with Crippen LogP contribution in [-0.2, 0) is 0 Å². The highest BCUT2D eigenvalue weighted by Crippen LogP contribution is 2.01. The molecule has 0 aliphatic rings.